The molecule has 0 radical (unpaired) electrons. The average Bonchev–Trinajstić information content (AvgIpc) is 3.31. The molecular formula is C22H31N3O4. The fraction of sp³-hybridized carbons (Fsp3) is 0.545. The summed E-state index contributed by atoms with van der Waals surface area (Å²) in [6.45, 7) is 8.46. The second-order valence-corrected chi connectivity index (χ2v) is 8.22. The Labute approximate surface area is 172 Å². The first kappa shape index (κ1) is 21.2. The lowest BCUT2D eigenvalue weighted by atomic mass is 10.0. The van der Waals surface area contributed by atoms with Gasteiger partial charge in [0, 0.05) is 35.4 Å². The molecule has 0 aliphatic carbocycles. The van der Waals surface area contributed by atoms with E-state index in [-0.39, 0.29) is 12.0 Å². The first-order chi connectivity index (χ1) is 14.0. The molecule has 3 heterocycles. The van der Waals surface area contributed by atoms with Gasteiger partial charge in [-0.3, -0.25) is 9.78 Å². The molecule has 7 nitrogen and oxygen atoms in total. The molecule has 2 aliphatic heterocycles. The Morgan fingerprint density at radius 1 is 1.28 bits per heavy atom. The van der Waals surface area contributed by atoms with Crippen LogP contribution < -0.4 is 14.8 Å². The zero-order chi connectivity index (χ0) is 20.9. The summed E-state index contributed by atoms with van der Waals surface area (Å²) in [5, 5.41) is 11.6. The molecule has 0 atom stereocenters. The third-order valence-electron chi connectivity index (χ3n) is 5.40. The molecule has 0 bridgehead atoms. The molecular weight excluding hydrogens is 370 g/mol. The number of ether oxygens (including phenoxy) is 2. The molecule has 2 N–H and O–H groups in total. The zero-order valence-electron chi connectivity index (χ0n) is 17.5. The highest BCUT2D eigenvalue weighted by atomic mass is 16.5. The molecule has 1 fully saturated rings. The Kier molecular flexibility index (Phi) is 6.79. The molecule has 2 aromatic rings. The third kappa shape index (κ3) is 5.09. The number of fused-ring (bicyclic) bond motifs is 3. The van der Waals surface area contributed by atoms with E-state index >= 15 is 0 Å². The summed E-state index contributed by atoms with van der Waals surface area (Å²) in [5.74, 6) is 1.56. The van der Waals surface area contributed by atoms with E-state index in [1.165, 1.54) is 37.2 Å². The predicted octanol–water partition coefficient (Wildman–Crippen LogP) is 3.56. The SMILES string of the molecule is COc1cc2c3c(cnc2cc1OCCCN1CCCC1)CC(C)(C)N3.O=CO. The van der Waals surface area contributed by atoms with Crippen LogP contribution in [0.2, 0.25) is 0 Å². The molecule has 2 aliphatic rings. The molecule has 158 valence electrons. The third-order valence-corrected chi connectivity index (χ3v) is 5.40. The van der Waals surface area contributed by atoms with Gasteiger partial charge < -0.3 is 24.8 Å². The van der Waals surface area contributed by atoms with E-state index in [0.717, 1.165) is 41.8 Å². The number of likely N-dealkylation sites (tertiary alicyclic amines) is 1. The van der Waals surface area contributed by atoms with Crippen molar-refractivity contribution in [1.29, 1.82) is 0 Å². The van der Waals surface area contributed by atoms with Crippen LogP contribution in [-0.4, -0.2) is 60.4 Å². The fourth-order valence-corrected chi connectivity index (χ4v) is 4.13. The van der Waals surface area contributed by atoms with Crippen LogP contribution in [0.15, 0.2) is 18.3 Å². The van der Waals surface area contributed by atoms with Gasteiger partial charge in [-0.05, 0) is 64.3 Å². The van der Waals surface area contributed by atoms with Crippen LogP contribution in [0.4, 0.5) is 5.69 Å². The van der Waals surface area contributed by atoms with E-state index in [9.17, 15) is 0 Å². The Morgan fingerprint density at radius 3 is 2.69 bits per heavy atom. The van der Waals surface area contributed by atoms with E-state index in [1.807, 2.05) is 12.3 Å². The molecule has 0 unspecified atom stereocenters. The van der Waals surface area contributed by atoms with Crippen molar-refractivity contribution in [3.8, 4) is 11.5 Å². The zero-order valence-corrected chi connectivity index (χ0v) is 17.5. The molecule has 0 spiro atoms. The summed E-state index contributed by atoms with van der Waals surface area (Å²) in [4.78, 5) is 15.5. The molecule has 0 amide bonds. The summed E-state index contributed by atoms with van der Waals surface area (Å²) < 4.78 is 11.6. The number of hydrogen-bond acceptors (Lipinski definition) is 6. The average molecular weight is 402 g/mol. The molecule has 0 saturated carbocycles. The lowest BCUT2D eigenvalue weighted by Crippen LogP contribution is -2.27. The van der Waals surface area contributed by atoms with Gasteiger partial charge in [-0.1, -0.05) is 0 Å². The second-order valence-electron chi connectivity index (χ2n) is 8.22. The van der Waals surface area contributed by atoms with Crippen LogP contribution in [0.3, 0.4) is 0 Å². The van der Waals surface area contributed by atoms with E-state index in [0.29, 0.717) is 6.61 Å². The Balaban J connectivity index is 0.000000755. The van der Waals surface area contributed by atoms with Crippen LogP contribution in [0.1, 0.15) is 38.7 Å². The van der Waals surface area contributed by atoms with Gasteiger partial charge in [0.25, 0.3) is 6.47 Å². The fourth-order valence-electron chi connectivity index (χ4n) is 4.13. The number of carboxylic acid groups (broad SMARTS) is 1. The summed E-state index contributed by atoms with van der Waals surface area (Å²) >= 11 is 0. The topological polar surface area (TPSA) is 83.9 Å². The lowest BCUT2D eigenvalue weighted by Gasteiger charge is -2.19. The number of benzene rings is 1. The van der Waals surface area contributed by atoms with Crippen molar-refractivity contribution < 1.29 is 19.4 Å². The quantitative estimate of drug-likeness (QED) is 0.566. The van der Waals surface area contributed by atoms with Crippen molar-refractivity contribution in [3.63, 3.8) is 0 Å². The minimum atomic E-state index is -0.250. The van der Waals surface area contributed by atoms with Crippen molar-refractivity contribution in [2.24, 2.45) is 0 Å². The van der Waals surface area contributed by atoms with Gasteiger partial charge in [0.1, 0.15) is 0 Å². The number of hydrogen-bond donors (Lipinski definition) is 2. The van der Waals surface area contributed by atoms with Gasteiger partial charge in [-0.2, -0.15) is 0 Å². The van der Waals surface area contributed by atoms with Crippen LogP contribution in [0.5, 0.6) is 11.5 Å². The molecule has 1 aromatic carbocycles. The van der Waals surface area contributed by atoms with E-state index < -0.39 is 0 Å². The highest BCUT2D eigenvalue weighted by molar-refractivity contribution is 5.96. The molecule has 1 aromatic heterocycles. The monoisotopic (exact) mass is 401 g/mol. The van der Waals surface area contributed by atoms with Gasteiger partial charge >= 0.3 is 0 Å². The molecule has 7 heteroatoms. The lowest BCUT2D eigenvalue weighted by molar-refractivity contribution is -0.122. The van der Waals surface area contributed by atoms with E-state index in [2.05, 4.69) is 35.1 Å². The summed E-state index contributed by atoms with van der Waals surface area (Å²) in [6, 6.07) is 4.07. The Hall–Kier alpha value is -2.54. The normalized spacial score (nSPS) is 17.2. The van der Waals surface area contributed by atoms with Crippen molar-refractivity contribution in [1.82, 2.24) is 9.88 Å². The minimum absolute atomic E-state index is 0.0657. The van der Waals surface area contributed by atoms with Crippen LogP contribution in [0, 0.1) is 0 Å². The second kappa shape index (κ2) is 9.31. The van der Waals surface area contributed by atoms with E-state index in [1.54, 1.807) is 7.11 Å². The van der Waals surface area contributed by atoms with Gasteiger partial charge in [-0.25, -0.2) is 0 Å². The van der Waals surface area contributed by atoms with Crippen LogP contribution in [-0.2, 0) is 11.2 Å². The van der Waals surface area contributed by atoms with Gasteiger partial charge in [0.2, 0.25) is 0 Å². The smallest absolute Gasteiger partial charge is 0.290 e. The van der Waals surface area contributed by atoms with Crippen LogP contribution >= 0.6 is 0 Å². The summed E-state index contributed by atoms with van der Waals surface area (Å²) in [7, 11) is 1.70. The van der Waals surface area contributed by atoms with Gasteiger partial charge in [0.15, 0.2) is 11.5 Å². The van der Waals surface area contributed by atoms with Crippen molar-refractivity contribution in [2.75, 3.05) is 38.7 Å². The maximum atomic E-state index is 8.36. The number of nitrogens with zero attached hydrogens (tertiary/aromatic N) is 2. The largest absolute Gasteiger partial charge is 0.493 e. The number of nitrogens with one attached hydrogen (secondary N) is 1. The maximum Gasteiger partial charge on any atom is 0.290 e. The van der Waals surface area contributed by atoms with Crippen molar-refractivity contribution in [3.05, 3.63) is 23.9 Å². The number of anilines is 1. The predicted molar refractivity (Wildman–Crippen MR) is 114 cm³/mol. The van der Waals surface area contributed by atoms with E-state index in [4.69, 9.17) is 19.4 Å². The number of carbonyl (C=O) groups is 1. The summed E-state index contributed by atoms with van der Waals surface area (Å²) in [5.41, 5.74) is 3.46. The number of aromatic nitrogens is 1. The number of methoxy groups -OCH3 is 1. The first-order valence-corrected chi connectivity index (χ1v) is 10.2. The Morgan fingerprint density at radius 2 is 2.00 bits per heavy atom. The van der Waals surface area contributed by atoms with Crippen molar-refractivity contribution >= 4 is 23.1 Å². The Bertz CT molecular complexity index is 848. The van der Waals surface area contributed by atoms with Crippen molar-refractivity contribution in [2.45, 2.75) is 45.1 Å². The highest BCUT2D eigenvalue weighted by Gasteiger charge is 2.29. The van der Waals surface area contributed by atoms with Gasteiger partial charge in [0.05, 0.1) is 19.2 Å². The number of rotatable bonds is 6. The maximum absolute atomic E-state index is 8.36. The molecule has 1 saturated heterocycles. The van der Waals surface area contributed by atoms with Gasteiger partial charge in [-0.15, -0.1) is 0 Å². The highest BCUT2D eigenvalue weighted by Crippen LogP contribution is 2.41. The standard InChI is InChI=1S/C21H29N3O2.CH2O2/c1-21(2)13-15-14-22-17-12-19(18(25-3)11-16(17)20(15)23-21)26-10-6-9-24-7-4-5-8-24;2-1-3/h11-12,14,23H,4-10,13H2,1-3H3;1H,(H,2,3). The molecule has 4 rings (SSSR count). The first-order valence-electron chi connectivity index (χ1n) is 10.2. The molecule has 29 heavy (non-hydrogen) atoms. The minimum Gasteiger partial charge on any atom is -0.493 e. The van der Waals surface area contributed by atoms with Crippen LogP contribution in [0.25, 0.3) is 10.9 Å². The summed E-state index contributed by atoms with van der Waals surface area (Å²) in [6.07, 6.45) is 6.68. The number of pyridine rings is 1.